The van der Waals surface area contributed by atoms with Crippen LogP contribution >= 0.6 is 0 Å². The van der Waals surface area contributed by atoms with Crippen molar-refractivity contribution >= 4 is 17.2 Å². The topological polar surface area (TPSA) is 65.8 Å². The van der Waals surface area contributed by atoms with E-state index in [0.29, 0.717) is 23.6 Å². The van der Waals surface area contributed by atoms with Gasteiger partial charge in [0.2, 0.25) is 5.82 Å². The highest BCUT2D eigenvalue weighted by Gasteiger charge is 2.34. The number of nitrogens with one attached hydrogen (secondary N) is 1. The molecule has 0 atom stereocenters. The maximum atomic E-state index is 14.0. The molecule has 2 aromatic carbocycles. The zero-order chi connectivity index (χ0) is 28.3. The Bertz CT molecular complexity index is 1600. The fourth-order valence-electron chi connectivity index (χ4n) is 4.71. The van der Waals surface area contributed by atoms with Crippen LogP contribution in [-0.4, -0.2) is 63.5 Å². The molecule has 0 aliphatic carbocycles. The van der Waals surface area contributed by atoms with E-state index < -0.39 is 17.6 Å². The number of rotatable bonds is 4. The van der Waals surface area contributed by atoms with Crippen molar-refractivity contribution in [1.29, 1.82) is 0 Å². The van der Waals surface area contributed by atoms with Gasteiger partial charge in [0.1, 0.15) is 0 Å². The van der Waals surface area contributed by atoms with Crippen LogP contribution in [0.15, 0.2) is 60.8 Å². The molecule has 1 fully saturated rings. The van der Waals surface area contributed by atoms with Crippen molar-refractivity contribution in [1.82, 2.24) is 24.4 Å². The van der Waals surface area contributed by atoms with Gasteiger partial charge >= 0.3 is 6.18 Å². The Labute approximate surface area is 230 Å². The zero-order valence-corrected chi connectivity index (χ0v) is 22.3. The van der Waals surface area contributed by atoms with Gasteiger partial charge in [-0.05, 0) is 86.9 Å². The first-order valence-electron chi connectivity index (χ1n) is 13.0. The van der Waals surface area contributed by atoms with E-state index >= 15 is 0 Å². The molecule has 10 heteroatoms. The second kappa shape index (κ2) is 11.5. The number of amides is 1. The molecule has 1 saturated heterocycles. The van der Waals surface area contributed by atoms with Crippen molar-refractivity contribution in [3.05, 3.63) is 94.4 Å². The summed E-state index contributed by atoms with van der Waals surface area (Å²) in [7, 11) is 2.02. The average molecular weight is 547 g/mol. The molecule has 0 spiro atoms. The van der Waals surface area contributed by atoms with Gasteiger partial charge in [-0.15, -0.1) is 10.2 Å². The number of carbonyl (C=O) groups excluding carboxylic acids is 1. The van der Waals surface area contributed by atoms with Crippen molar-refractivity contribution in [2.24, 2.45) is 0 Å². The molecule has 2 aromatic heterocycles. The summed E-state index contributed by atoms with van der Waals surface area (Å²) in [5.74, 6) is 5.96. The number of benzene rings is 2. The second-order valence-corrected chi connectivity index (χ2v) is 9.99. The van der Waals surface area contributed by atoms with Gasteiger partial charge in [-0.25, -0.2) is 0 Å². The first-order valence-corrected chi connectivity index (χ1v) is 13.0. The van der Waals surface area contributed by atoms with E-state index in [1.807, 2.05) is 43.3 Å². The van der Waals surface area contributed by atoms with Gasteiger partial charge in [0.05, 0.1) is 5.56 Å². The predicted molar refractivity (Wildman–Crippen MR) is 147 cm³/mol. The normalized spacial score (nSPS) is 14.9. The number of fused-ring (bicyclic) bond motifs is 1. The average Bonchev–Trinajstić information content (AvgIpc) is 3.23. The largest absolute Gasteiger partial charge is 0.416 e. The molecule has 0 unspecified atom stereocenters. The second-order valence-electron chi connectivity index (χ2n) is 9.99. The fourth-order valence-corrected chi connectivity index (χ4v) is 4.71. The van der Waals surface area contributed by atoms with E-state index in [2.05, 4.69) is 32.3 Å². The van der Waals surface area contributed by atoms with E-state index in [0.717, 1.165) is 37.7 Å². The minimum absolute atomic E-state index is 0.0832. The summed E-state index contributed by atoms with van der Waals surface area (Å²) in [6.45, 7) is 5.26. The van der Waals surface area contributed by atoms with Gasteiger partial charge in [0.25, 0.3) is 5.91 Å². The van der Waals surface area contributed by atoms with Gasteiger partial charge in [-0.3, -0.25) is 14.1 Å². The lowest BCUT2D eigenvalue weighted by Crippen LogP contribution is -2.29. The first-order chi connectivity index (χ1) is 19.2. The van der Waals surface area contributed by atoms with Gasteiger partial charge in [-0.1, -0.05) is 24.1 Å². The smallest absolute Gasteiger partial charge is 0.322 e. The number of halogens is 3. The number of anilines is 1. The van der Waals surface area contributed by atoms with Crippen molar-refractivity contribution in [3.8, 4) is 11.8 Å². The number of carbonyl (C=O) groups is 1. The molecule has 1 aliphatic rings. The van der Waals surface area contributed by atoms with Crippen LogP contribution in [-0.2, 0) is 12.7 Å². The van der Waals surface area contributed by atoms with E-state index in [-0.39, 0.29) is 23.4 Å². The van der Waals surface area contributed by atoms with Crippen molar-refractivity contribution in [2.45, 2.75) is 26.1 Å². The Balaban J connectivity index is 1.35. The highest BCUT2D eigenvalue weighted by molar-refractivity contribution is 6.04. The SMILES string of the molecule is Cc1ccc(C(=O)Nc2ccc(CN3CCCN(C)CC3)c(C(F)(F)F)c2)cc1C#Cc1nnc2ccccn12. The number of hydrogen-bond acceptors (Lipinski definition) is 5. The number of hydrogen-bond donors (Lipinski definition) is 1. The predicted octanol–water partition coefficient (Wildman–Crippen LogP) is 4.85. The Morgan fingerprint density at radius 1 is 1.00 bits per heavy atom. The Hall–Kier alpha value is -4.20. The molecule has 3 heterocycles. The monoisotopic (exact) mass is 546 g/mol. The van der Waals surface area contributed by atoms with E-state index in [4.69, 9.17) is 0 Å². The third-order valence-corrected chi connectivity index (χ3v) is 7.00. The summed E-state index contributed by atoms with van der Waals surface area (Å²) < 4.78 is 43.8. The van der Waals surface area contributed by atoms with Crippen LogP contribution in [0.4, 0.5) is 18.9 Å². The molecule has 0 radical (unpaired) electrons. The maximum Gasteiger partial charge on any atom is 0.416 e. The first kappa shape index (κ1) is 27.4. The third kappa shape index (κ3) is 6.33. The number of pyridine rings is 1. The van der Waals surface area contributed by atoms with Crippen LogP contribution < -0.4 is 5.32 Å². The minimum Gasteiger partial charge on any atom is -0.322 e. The Morgan fingerprint density at radius 2 is 1.85 bits per heavy atom. The molecule has 40 heavy (non-hydrogen) atoms. The summed E-state index contributed by atoms with van der Waals surface area (Å²) in [5.41, 5.74) is 1.95. The summed E-state index contributed by atoms with van der Waals surface area (Å²) in [6, 6.07) is 14.5. The molecule has 0 bridgehead atoms. The Kier molecular flexibility index (Phi) is 7.87. The lowest BCUT2D eigenvalue weighted by molar-refractivity contribution is -0.138. The van der Waals surface area contributed by atoms with Crippen LogP contribution in [0.2, 0.25) is 0 Å². The van der Waals surface area contributed by atoms with Crippen molar-refractivity contribution in [2.75, 3.05) is 38.5 Å². The van der Waals surface area contributed by atoms with Crippen molar-refractivity contribution < 1.29 is 18.0 Å². The highest BCUT2D eigenvalue weighted by Crippen LogP contribution is 2.34. The summed E-state index contributed by atoms with van der Waals surface area (Å²) in [4.78, 5) is 17.3. The molecule has 1 aliphatic heterocycles. The van der Waals surface area contributed by atoms with Crippen LogP contribution in [0.3, 0.4) is 0 Å². The molecular formula is C30H29F3N6O. The van der Waals surface area contributed by atoms with E-state index in [1.165, 1.54) is 12.1 Å². The third-order valence-electron chi connectivity index (χ3n) is 7.00. The molecular weight excluding hydrogens is 517 g/mol. The number of alkyl halides is 3. The van der Waals surface area contributed by atoms with Gasteiger partial charge in [0.15, 0.2) is 5.65 Å². The Morgan fingerprint density at radius 3 is 2.67 bits per heavy atom. The fraction of sp³-hybridized carbons (Fsp3) is 0.300. The lowest BCUT2D eigenvalue weighted by atomic mass is 10.0. The van der Waals surface area contributed by atoms with Gasteiger partial charge in [0, 0.05) is 42.6 Å². The molecule has 5 rings (SSSR count). The summed E-state index contributed by atoms with van der Waals surface area (Å²) >= 11 is 0. The standard InChI is InChI=1S/C30H29F3N6O/c1-21-7-8-23(18-22(21)10-12-28-36-35-27-6-3-4-15-39(27)28)29(40)34-25-11-9-24(26(19-25)30(31,32)33)20-38-14-5-13-37(2)16-17-38/h3-4,6-9,11,15,18-19H,5,13-14,16-17,20H2,1-2H3,(H,34,40). The molecule has 4 aromatic rings. The molecule has 7 nitrogen and oxygen atoms in total. The van der Waals surface area contributed by atoms with Crippen LogP contribution in [0.1, 0.15) is 44.9 Å². The molecule has 1 amide bonds. The maximum absolute atomic E-state index is 14.0. The van der Waals surface area contributed by atoms with E-state index in [1.54, 1.807) is 22.6 Å². The van der Waals surface area contributed by atoms with Crippen LogP contribution in [0.5, 0.6) is 0 Å². The summed E-state index contributed by atoms with van der Waals surface area (Å²) in [6.07, 6.45) is -1.83. The number of aromatic nitrogens is 3. The number of likely N-dealkylation sites (N-methyl/N-ethyl adjacent to an activating group) is 1. The van der Waals surface area contributed by atoms with Crippen LogP contribution in [0, 0.1) is 18.8 Å². The molecule has 1 N–H and O–H groups in total. The molecule has 206 valence electrons. The van der Waals surface area contributed by atoms with Crippen molar-refractivity contribution in [3.63, 3.8) is 0 Å². The number of aryl methyl sites for hydroxylation is 1. The zero-order valence-electron chi connectivity index (χ0n) is 22.3. The quantitative estimate of drug-likeness (QED) is 0.371. The van der Waals surface area contributed by atoms with Crippen LogP contribution in [0.25, 0.3) is 5.65 Å². The van der Waals surface area contributed by atoms with Gasteiger partial charge < -0.3 is 10.2 Å². The van der Waals surface area contributed by atoms with Gasteiger partial charge in [-0.2, -0.15) is 13.2 Å². The minimum atomic E-state index is -4.54. The highest BCUT2D eigenvalue weighted by atomic mass is 19.4. The van der Waals surface area contributed by atoms with E-state index in [9.17, 15) is 18.0 Å². The number of nitrogens with zero attached hydrogens (tertiary/aromatic N) is 5. The molecule has 0 saturated carbocycles. The lowest BCUT2D eigenvalue weighted by Gasteiger charge is -2.23. The summed E-state index contributed by atoms with van der Waals surface area (Å²) in [5, 5.41) is 10.8.